The zero-order chi connectivity index (χ0) is 20.0. The molecule has 7 nitrogen and oxygen atoms in total. The molecule has 0 aliphatic carbocycles. The first-order valence-electron chi connectivity index (χ1n) is 9.40. The number of anilines is 2. The van der Waals surface area contributed by atoms with Crippen molar-refractivity contribution in [3.8, 4) is 0 Å². The second-order valence-corrected chi connectivity index (χ2v) is 6.47. The van der Waals surface area contributed by atoms with Crippen molar-refractivity contribution in [3.05, 3.63) is 41.2 Å². The number of nitrogens with zero attached hydrogens (tertiary/aromatic N) is 3. The molecule has 0 saturated carbocycles. The van der Waals surface area contributed by atoms with Gasteiger partial charge in [-0.2, -0.15) is 5.10 Å². The first kappa shape index (κ1) is 20.5. The number of amides is 2. The first-order chi connectivity index (χ1) is 12.9. The summed E-state index contributed by atoms with van der Waals surface area (Å²) in [4.78, 5) is 26.6. The average molecular weight is 371 g/mol. The number of rotatable bonds is 9. The molecule has 7 heteroatoms. The number of aryl methyl sites for hydroxylation is 2. The lowest BCUT2D eigenvalue weighted by molar-refractivity contribution is -0.115. The summed E-state index contributed by atoms with van der Waals surface area (Å²) in [6.45, 7) is 8.12. The van der Waals surface area contributed by atoms with E-state index in [-0.39, 0.29) is 18.0 Å². The van der Waals surface area contributed by atoms with Crippen LogP contribution in [0.5, 0.6) is 0 Å². The molecule has 0 radical (unpaired) electrons. The van der Waals surface area contributed by atoms with E-state index in [1.807, 2.05) is 31.2 Å². The monoisotopic (exact) mass is 371 g/mol. The maximum absolute atomic E-state index is 12.5. The maximum Gasteiger partial charge on any atom is 0.269 e. The molecule has 2 aromatic rings. The molecule has 0 saturated heterocycles. The van der Waals surface area contributed by atoms with Gasteiger partial charge in [0, 0.05) is 25.8 Å². The highest BCUT2D eigenvalue weighted by Gasteiger charge is 2.21. The van der Waals surface area contributed by atoms with Gasteiger partial charge in [0.15, 0.2) is 0 Å². The number of primary amides is 1. The molecule has 0 spiro atoms. The van der Waals surface area contributed by atoms with Crippen LogP contribution >= 0.6 is 0 Å². The van der Waals surface area contributed by atoms with Crippen LogP contribution in [0.2, 0.25) is 0 Å². The summed E-state index contributed by atoms with van der Waals surface area (Å²) in [7, 11) is 1.65. The predicted molar refractivity (Wildman–Crippen MR) is 108 cm³/mol. The van der Waals surface area contributed by atoms with Crippen LogP contribution in [0.4, 0.5) is 11.4 Å². The summed E-state index contributed by atoms with van der Waals surface area (Å²) in [6.07, 6.45) is 1.73. The Labute approximate surface area is 160 Å². The number of hydrogen-bond donors (Lipinski definition) is 2. The zero-order valence-corrected chi connectivity index (χ0v) is 16.6. The third-order valence-electron chi connectivity index (χ3n) is 4.53. The lowest BCUT2D eigenvalue weighted by Gasteiger charge is -2.21. The van der Waals surface area contributed by atoms with Crippen LogP contribution in [-0.4, -0.2) is 34.7 Å². The number of aromatic nitrogens is 2. The highest BCUT2D eigenvalue weighted by molar-refractivity contribution is 6.03. The van der Waals surface area contributed by atoms with Crippen molar-refractivity contribution in [3.63, 3.8) is 0 Å². The highest BCUT2D eigenvalue weighted by Crippen LogP contribution is 2.22. The van der Waals surface area contributed by atoms with Crippen LogP contribution in [0.1, 0.15) is 48.9 Å². The van der Waals surface area contributed by atoms with Gasteiger partial charge < -0.3 is 16.0 Å². The molecule has 2 amide bonds. The molecule has 2 rings (SSSR count). The van der Waals surface area contributed by atoms with Gasteiger partial charge in [0.25, 0.3) is 5.91 Å². The Bertz CT molecular complexity index is 791. The molecule has 0 unspecified atom stereocenters. The van der Waals surface area contributed by atoms with E-state index in [2.05, 4.69) is 29.2 Å². The fraction of sp³-hybridized carbons (Fsp3) is 0.450. The van der Waals surface area contributed by atoms with Crippen molar-refractivity contribution in [2.75, 3.05) is 23.3 Å². The fourth-order valence-corrected chi connectivity index (χ4v) is 3.19. The molecule has 0 atom stereocenters. The van der Waals surface area contributed by atoms with Gasteiger partial charge in [0.1, 0.15) is 5.69 Å². The van der Waals surface area contributed by atoms with E-state index >= 15 is 0 Å². The summed E-state index contributed by atoms with van der Waals surface area (Å²) < 4.78 is 1.43. The zero-order valence-electron chi connectivity index (χ0n) is 16.6. The minimum atomic E-state index is -0.605. The smallest absolute Gasteiger partial charge is 0.269 e. The van der Waals surface area contributed by atoms with Crippen molar-refractivity contribution in [1.29, 1.82) is 0 Å². The van der Waals surface area contributed by atoms with Gasteiger partial charge >= 0.3 is 0 Å². The predicted octanol–water partition coefficient (Wildman–Crippen LogP) is 2.50. The minimum Gasteiger partial charge on any atom is -0.372 e. The van der Waals surface area contributed by atoms with Gasteiger partial charge in [0.05, 0.1) is 17.8 Å². The summed E-state index contributed by atoms with van der Waals surface area (Å²) in [5, 5.41) is 7.17. The number of benzene rings is 1. The van der Waals surface area contributed by atoms with E-state index < -0.39 is 5.91 Å². The second-order valence-electron chi connectivity index (χ2n) is 6.47. The normalized spacial score (nSPS) is 10.7. The summed E-state index contributed by atoms with van der Waals surface area (Å²) in [5.41, 5.74) is 8.85. The molecule has 1 aromatic heterocycles. The average Bonchev–Trinajstić information content (AvgIpc) is 2.93. The molecular weight excluding hydrogens is 342 g/mol. The quantitative estimate of drug-likeness (QED) is 0.708. The number of carbonyl (C=O) groups is 2. The first-order valence-corrected chi connectivity index (χ1v) is 9.40. The number of hydrogen-bond acceptors (Lipinski definition) is 4. The number of nitrogens with two attached hydrogens (primary N) is 1. The Morgan fingerprint density at radius 1 is 1.15 bits per heavy atom. The molecule has 1 heterocycles. The van der Waals surface area contributed by atoms with E-state index in [0.717, 1.165) is 30.8 Å². The van der Waals surface area contributed by atoms with E-state index in [0.29, 0.717) is 17.8 Å². The molecule has 0 aliphatic heterocycles. The van der Waals surface area contributed by atoms with Crippen LogP contribution in [0.25, 0.3) is 0 Å². The lowest BCUT2D eigenvalue weighted by atomic mass is 10.1. The van der Waals surface area contributed by atoms with Crippen LogP contribution in [0.15, 0.2) is 24.3 Å². The fourth-order valence-electron chi connectivity index (χ4n) is 3.19. The molecule has 146 valence electrons. The Morgan fingerprint density at radius 2 is 1.78 bits per heavy atom. The van der Waals surface area contributed by atoms with Crippen LogP contribution in [0, 0.1) is 0 Å². The van der Waals surface area contributed by atoms with Gasteiger partial charge in [-0.15, -0.1) is 0 Å². The maximum atomic E-state index is 12.5. The van der Waals surface area contributed by atoms with Crippen molar-refractivity contribution >= 4 is 23.2 Å². The van der Waals surface area contributed by atoms with E-state index in [1.54, 1.807) is 7.05 Å². The Balaban J connectivity index is 2.15. The van der Waals surface area contributed by atoms with E-state index in [4.69, 9.17) is 5.73 Å². The van der Waals surface area contributed by atoms with E-state index in [1.165, 1.54) is 4.68 Å². The van der Waals surface area contributed by atoms with Crippen molar-refractivity contribution < 1.29 is 9.59 Å². The van der Waals surface area contributed by atoms with E-state index in [9.17, 15) is 9.59 Å². The third-order valence-corrected chi connectivity index (χ3v) is 4.53. The number of carbonyl (C=O) groups excluding carboxylic acids is 2. The van der Waals surface area contributed by atoms with Gasteiger partial charge in [-0.1, -0.05) is 25.5 Å². The molecular formula is C20H29N5O2. The molecule has 27 heavy (non-hydrogen) atoms. The molecule has 3 N–H and O–H groups in total. The summed E-state index contributed by atoms with van der Waals surface area (Å²) >= 11 is 0. The van der Waals surface area contributed by atoms with Gasteiger partial charge in [-0.05, 0) is 38.0 Å². The van der Waals surface area contributed by atoms with Gasteiger partial charge in [-0.25, -0.2) is 0 Å². The summed E-state index contributed by atoms with van der Waals surface area (Å²) in [5.74, 6) is -0.801. The topological polar surface area (TPSA) is 93.2 Å². The minimum absolute atomic E-state index is 0.196. The van der Waals surface area contributed by atoms with Crippen molar-refractivity contribution in [2.45, 2.75) is 40.0 Å². The van der Waals surface area contributed by atoms with Crippen molar-refractivity contribution in [1.82, 2.24) is 9.78 Å². The van der Waals surface area contributed by atoms with Crippen LogP contribution in [0.3, 0.4) is 0 Å². The number of nitrogens with one attached hydrogen (secondary N) is 1. The van der Waals surface area contributed by atoms with Crippen LogP contribution in [-0.2, 0) is 24.7 Å². The van der Waals surface area contributed by atoms with Crippen LogP contribution < -0.4 is 16.0 Å². The molecule has 0 aliphatic rings. The Morgan fingerprint density at radius 3 is 2.30 bits per heavy atom. The molecule has 0 bridgehead atoms. The third kappa shape index (κ3) is 4.87. The Kier molecular flexibility index (Phi) is 6.98. The largest absolute Gasteiger partial charge is 0.372 e. The van der Waals surface area contributed by atoms with Gasteiger partial charge in [-0.3, -0.25) is 14.3 Å². The standard InChI is InChI=1S/C20H29N5O2/c1-5-8-16-18(19(20(21)27)24(4)23-16)22-17(26)13-14-9-11-15(12-10-14)25(6-2)7-3/h9-12H,5-8,13H2,1-4H3,(H2,21,27)(H,22,26). The summed E-state index contributed by atoms with van der Waals surface area (Å²) in [6, 6.07) is 7.96. The second kappa shape index (κ2) is 9.21. The van der Waals surface area contributed by atoms with Gasteiger partial charge in [0.2, 0.25) is 5.91 Å². The molecule has 0 fully saturated rings. The molecule has 1 aromatic carbocycles. The van der Waals surface area contributed by atoms with Crippen molar-refractivity contribution in [2.24, 2.45) is 12.8 Å². The SMILES string of the molecule is CCCc1nn(C)c(C(N)=O)c1NC(=O)Cc1ccc(N(CC)CC)cc1. The Hall–Kier alpha value is -2.83. The highest BCUT2D eigenvalue weighted by atomic mass is 16.2. The lowest BCUT2D eigenvalue weighted by Crippen LogP contribution is -2.22.